The molecule has 2 amide bonds. The molecule has 1 fully saturated rings. The van der Waals surface area contributed by atoms with E-state index in [1.165, 1.54) is 13.3 Å². The first-order valence-electron chi connectivity index (χ1n) is 11.0. The number of aromatic nitrogens is 5. The number of hydrogen-bond acceptors (Lipinski definition) is 8. The standard InChI is InChI=1S/C20H22N8O3/c1-21-20(30)16-15(13(9-23-26-16)19(29)24-11-7-8-11)25-14-6-4-5-12(17(14)31-3)18-22-10-28(2)27-18/h4-6,9-11H,7-8H2,1-3H3,(H,21,30)(H,23,25)(H,24,29)/i1D3. The van der Waals surface area contributed by atoms with Gasteiger partial charge in [0.05, 0.1) is 35.8 Å². The summed E-state index contributed by atoms with van der Waals surface area (Å²) in [6.45, 7) is -2.76. The quantitative estimate of drug-likeness (QED) is 0.515. The fraction of sp³-hybridized carbons (Fsp3) is 0.300. The van der Waals surface area contributed by atoms with Crippen molar-refractivity contribution in [3.05, 3.63) is 42.0 Å². The maximum atomic E-state index is 12.9. The predicted molar refractivity (Wildman–Crippen MR) is 112 cm³/mol. The van der Waals surface area contributed by atoms with Gasteiger partial charge in [-0.3, -0.25) is 14.3 Å². The Labute approximate surface area is 182 Å². The molecule has 1 aliphatic rings. The van der Waals surface area contributed by atoms with Crippen molar-refractivity contribution in [2.24, 2.45) is 7.05 Å². The van der Waals surface area contributed by atoms with Crippen LogP contribution in [-0.4, -0.2) is 56.9 Å². The van der Waals surface area contributed by atoms with Crippen molar-refractivity contribution in [3.8, 4) is 17.1 Å². The van der Waals surface area contributed by atoms with E-state index in [1.54, 1.807) is 36.3 Å². The molecule has 2 heterocycles. The normalized spacial score (nSPS) is 14.7. The molecule has 1 aromatic carbocycles. The van der Waals surface area contributed by atoms with Gasteiger partial charge in [-0.2, -0.15) is 10.2 Å². The first kappa shape index (κ1) is 16.7. The van der Waals surface area contributed by atoms with Crippen LogP contribution in [0, 0.1) is 0 Å². The second-order valence-electron chi connectivity index (χ2n) is 6.94. The highest BCUT2D eigenvalue weighted by atomic mass is 16.5. The fourth-order valence-corrected chi connectivity index (χ4v) is 3.02. The van der Waals surface area contributed by atoms with Gasteiger partial charge in [-0.05, 0) is 25.0 Å². The van der Waals surface area contributed by atoms with Crippen LogP contribution in [0.15, 0.2) is 30.7 Å². The molecule has 160 valence electrons. The number of para-hydroxylation sites is 1. The van der Waals surface area contributed by atoms with Gasteiger partial charge in [0, 0.05) is 24.2 Å². The molecule has 3 N–H and O–H groups in total. The summed E-state index contributed by atoms with van der Waals surface area (Å²) in [4.78, 5) is 29.9. The van der Waals surface area contributed by atoms with Crippen molar-refractivity contribution in [3.63, 3.8) is 0 Å². The Morgan fingerprint density at radius 1 is 1.29 bits per heavy atom. The molecule has 0 saturated heterocycles. The molecule has 2 aromatic heterocycles. The Kier molecular flexibility index (Phi) is 4.53. The number of hydrogen-bond donors (Lipinski definition) is 3. The smallest absolute Gasteiger partial charge is 0.273 e. The average molecular weight is 425 g/mol. The number of nitrogens with zero attached hydrogens (tertiary/aromatic N) is 5. The van der Waals surface area contributed by atoms with Gasteiger partial charge >= 0.3 is 0 Å². The maximum Gasteiger partial charge on any atom is 0.273 e. The molecule has 31 heavy (non-hydrogen) atoms. The Balaban J connectivity index is 1.79. The second kappa shape index (κ2) is 8.38. The molecule has 11 nitrogen and oxygen atoms in total. The average Bonchev–Trinajstić information content (AvgIpc) is 3.49. The Morgan fingerprint density at radius 2 is 2.13 bits per heavy atom. The molecular formula is C20H22N8O3. The van der Waals surface area contributed by atoms with E-state index in [0.717, 1.165) is 12.8 Å². The zero-order valence-electron chi connectivity index (χ0n) is 19.8. The number of methoxy groups -OCH3 is 1. The highest BCUT2D eigenvalue weighted by molar-refractivity contribution is 6.07. The number of aryl methyl sites for hydroxylation is 1. The van der Waals surface area contributed by atoms with Crippen LogP contribution in [0.1, 0.15) is 37.8 Å². The van der Waals surface area contributed by atoms with Gasteiger partial charge in [0.1, 0.15) is 6.33 Å². The predicted octanol–water partition coefficient (Wildman–Crippen LogP) is 1.28. The summed E-state index contributed by atoms with van der Waals surface area (Å²) in [6, 6.07) is 5.19. The molecule has 0 atom stereocenters. The first-order valence-corrected chi connectivity index (χ1v) is 9.45. The fourth-order valence-electron chi connectivity index (χ4n) is 3.02. The lowest BCUT2D eigenvalue weighted by molar-refractivity contribution is 0.0951. The van der Waals surface area contributed by atoms with Crippen LogP contribution in [0.25, 0.3) is 11.4 Å². The minimum Gasteiger partial charge on any atom is -0.494 e. The summed E-state index contributed by atoms with van der Waals surface area (Å²) >= 11 is 0. The van der Waals surface area contributed by atoms with Gasteiger partial charge in [-0.25, -0.2) is 4.98 Å². The van der Waals surface area contributed by atoms with Crippen molar-refractivity contribution < 1.29 is 18.4 Å². The molecule has 11 heteroatoms. The van der Waals surface area contributed by atoms with Crippen molar-refractivity contribution >= 4 is 23.2 Å². The van der Waals surface area contributed by atoms with Crippen LogP contribution in [0.5, 0.6) is 5.75 Å². The Morgan fingerprint density at radius 3 is 2.81 bits per heavy atom. The molecule has 0 radical (unpaired) electrons. The third-order valence-electron chi connectivity index (χ3n) is 4.66. The van der Waals surface area contributed by atoms with E-state index >= 15 is 0 Å². The van der Waals surface area contributed by atoms with Gasteiger partial charge in [0.2, 0.25) is 0 Å². The number of rotatable bonds is 7. The summed E-state index contributed by atoms with van der Waals surface area (Å²) in [5, 5.41) is 19.6. The van der Waals surface area contributed by atoms with E-state index in [4.69, 9.17) is 8.85 Å². The van der Waals surface area contributed by atoms with Crippen LogP contribution in [0.3, 0.4) is 0 Å². The summed E-state index contributed by atoms with van der Waals surface area (Å²) < 4.78 is 29.2. The van der Waals surface area contributed by atoms with E-state index in [-0.39, 0.29) is 23.0 Å². The summed E-state index contributed by atoms with van der Waals surface area (Å²) in [5.74, 6) is -0.730. The van der Waals surface area contributed by atoms with Gasteiger partial charge in [0.15, 0.2) is 17.3 Å². The molecule has 3 aromatic rings. The zero-order chi connectivity index (χ0) is 24.5. The molecule has 0 unspecified atom stereocenters. The minimum absolute atomic E-state index is 0.0145. The highest BCUT2D eigenvalue weighted by Gasteiger charge is 2.28. The SMILES string of the molecule is [2H]C([2H])([2H])NC(=O)c1nncc(C(=O)NC2CC2)c1Nc1cccc(-c2ncn(C)n2)c1OC. The van der Waals surface area contributed by atoms with Crippen molar-refractivity contribution in [1.29, 1.82) is 0 Å². The van der Waals surface area contributed by atoms with Gasteiger partial charge < -0.3 is 20.7 Å². The third-order valence-corrected chi connectivity index (χ3v) is 4.66. The van der Waals surface area contributed by atoms with Crippen molar-refractivity contribution in [2.45, 2.75) is 18.9 Å². The number of carbonyl (C=O) groups is 2. The van der Waals surface area contributed by atoms with Crippen LogP contribution >= 0.6 is 0 Å². The lowest BCUT2D eigenvalue weighted by Gasteiger charge is -2.17. The Hall–Kier alpha value is -4.02. The molecule has 4 rings (SSSR count). The van der Waals surface area contributed by atoms with Crippen LogP contribution in [-0.2, 0) is 7.05 Å². The van der Waals surface area contributed by atoms with Crippen LogP contribution in [0.4, 0.5) is 11.4 Å². The molecule has 0 aliphatic heterocycles. The summed E-state index contributed by atoms with van der Waals surface area (Å²) in [6.07, 6.45) is 4.46. The number of amides is 2. The van der Waals surface area contributed by atoms with Gasteiger partial charge in [-0.15, -0.1) is 5.10 Å². The number of carbonyl (C=O) groups excluding carboxylic acids is 2. The van der Waals surface area contributed by atoms with Crippen molar-refractivity contribution in [1.82, 2.24) is 35.6 Å². The lowest BCUT2D eigenvalue weighted by atomic mass is 10.1. The number of anilines is 2. The van der Waals surface area contributed by atoms with E-state index in [2.05, 4.69) is 30.9 Å². The highest BCUT2D eigenvalue weighted by Crippen LogP contribution is 2.37. The van der Waals surface area contributed by atoms with Gasteiger partial charge in [0.25, 0.3) is 11.8 Å². The molecular weight excluding hydrogens is 400 g/mol. The number of ether oxygens (including phenoxy) is 1. The number of nitrogens with one attached hydrogen (secondary N) is 3. The lowest BCUT2D eigenvalue weighted by Crippen LogP contribution is -2.28. The minimum atomic E-state index is -2.76. The summed E-state index contributed by atoms with van der Waals surface area (Å²) in [7, 11) is 3.19. The van der Waals surface area contributed by atoms with Crippen LogP contribution < -0.4 is 20.7 Å². The molecule has 0 spiro atoms. The topological polar surface area (TPSA) is 136 Å². The van der Waals surface area contributed by atoms with E-state index in [9.17, 15) is 9.59 Å². The monoisotopic (exact) mass is 425 g/mol. The van der Waals surface area contributed by atoms with E-state index in [1.807, 2.05) is 5.32 Å². The number of benzene rings is 1. The van der Waals surface area contributed by atoms with Gasteiger partial charge in [-0.1, -0.05) is 6.07 Å². The third kappa shape index (κ3) is 4.15. The second-order valence-corrected chi connectivity index (χ2v) is 6.94. The van der Waals surface area contributed by atoms with Crippen LogP contribution in [0.2, 0.25) is 0 Å². The van der Waals surface area contributed by atoms with E-state index in [0.29, 0.717) is 22.8 Å². The maximum absolute atomic E-state index is 12.9. The van der Waals surface area contributed by atoms with E-state index < -0.39 is 18.8 Å². The van der Waals surface area contributed by atoms with Crippen molar-refractivity contribution in [2.75, 3.05) is 19.4 Å². The zero-order valence-corrected chi connectivity index (χ0v) is 16.8. The first-order chi connectivity index (χ1) is 16.2. The molecule has 1 aliphatic carbocycles. The molecule has 0 bridgehead atoms. The largest absolute Gasteiger partial charge is 0.494 e. The Bertz CT molecular complexity index is 1240. The molecule has 1 saturated carbocycles. The summed E-state index contributed by atoms with van der Waals surface area (Å²) in [5.41, 5.74) is 0.597.